The number of anilines is 1. The molecular weight excluding hydrogens is 399 g/mol. The van der Waals surface area contributed by atoms with Crippen molar-refractivity contribution in [3.05, 3.63) is 29.1 Å². The first-order valence-corrected chi connectivity index (χ1v) is 10.9. The molecule has 0 bridgehead atoms. The van der Waals surface area contributed by atoms with Gasteiger partial charge in [-0.05, 0) is 12.8 Å². The van der Waals surface area contributed by atoms with Crippen molar-refractivity contribution in [1.29, 1.82) is 0 Å². The molecule has 0 radical (unpaired) electrons. The molecule has 0 spiro atoms. The maximum atomic E-state index is 14.2. The zero-order valence-electron chi connectivity index (χ0n) is 14.0. The summed E-state index contributed by atoms with van der Waals surface area (Å²) in [7, 11) is -6.86. The lowest BCUT2D eigenvalue weighted by molar-refractivity contribution is 0.0588. The van der Waals surface area contributed by atoms with Crippen molar-refractivity contribution >= 4 is 31.5 Å². The number of carbonyl (C=O) groups is 1. The summed E-state index contributed by atoms with van der Waals surface area (Å²) in [5, 5.41) is 0. The van der Waals surface area contributed by atoms with Crippen molar-refractivity contribution in [1.82, 2.24) is 0 Å². The highest BCUT2D eigenvalue weighted by molar-refractivity contribution is 7.93. The monoisotopic (exact) mass is 417 g/mol. The van der Waals surface area contributed by atoms with Crippen LogP contribution in [0.2, 0.25) is 0 Å². The van der Waals surface area contributed by atoms with E-state index in [2.05, 4.69) is 4.74 Å². The van der Waals surface area contributed by atoms with Gasteiger partial charge in [0.05, 0.1) is 24.3 Å². The Morgan fingerprint density at radius 2 is 1.69 bits per heavy atom. The lowest BCUT2D eigenvalue weighted by Crippen LogP contribution is -2.22. The average molecular weight is 417 g/mol. The Kier molecular flexibility index (Phi) is 7.45. The van der Waals surface area contributed by atoms with Crippen LogP contribution in [-0.2, 0) is 24.6 Å². The smallest absolute Gasteiger partial charge is 0.344 e. The topological polar surface area (TPSA) is 107 Å². The number of sulfonamides is 1. The summed E-state index contributed by atoms with van der Waals surface area (Å²) in [4.78, 5) is 11.4. The normalized spacial score (nSPS) is 12.0. The summed E-state index contributed by atoms with van der Waals surface area (Å²) >= 11 is 0. The molecule has 1 rings (SSSR count). The van der Waals surface area contributed by atoms with Crippen LogP contribution in [0.4, 0.5) is 18.9 Å². The summed E-state index contributed by atoms with van der Waals surface area (Å²) in [5.74, 6) is -7.82. The molecule has 1 aromatic rings. The van der Waals surface area contributed by atoms with Gasteiger partial charge in [0.25, 0.3) is 0 Å². The molecule has 0 aliphatic rings. The van der Waals surface area contributed by atoms with Gasteiger partial charge in [-0.25, -0.2) is 34.8 Å². The van der Waals surface area contributed by atoms with E-state index in [1.807, 2.05) is 0 Å². The second-order valence-electron chi connectivity index (χ2n) is 5.33. The molecule has 26 heavy (non-hydrogen) atoms. The van der Waals surface area contributed by atoms with Crippen LogP contribution in [0.15, 0.2) is 6.07 Å². The van der Waals surface area contributed by atoms with Crippen molar-refractivity contribution in [2.24, 2.45) is 0 Å². The van der Waals surface area contributed by atoms with E-state index in [1.165, 1.54) is 0 Å². The van der Waals surface area contributed by atoms with Gasteiger partial charge in [-0.3, -0.25) is 4.72 Å². The molecule has 12 heteroatoms. The molecule has 0 saturated carbocycles. The number of ether oxygens (including phenoxy) is 1. The van der Waals surface area contributed by atoms with E-state index >= 15 is 0 Å². The van der Waals surface area contributed by atoms with Crippen LogP contribution in [0.25, 0.3) is 0 Å². The first-order valence-electron chi connectivity index (χ1n) is 7.40. The maximum Gasteiger partial charge on any atom is 0.344 e. The number of methoxy groups -OCH3 is 1. The average Bonchev–Trinajstić information content (AvgIpc) is 2.51. The molecule has 0 aromatic heterocycles. The van der Waals surface area contributed by atoms with Gasteiger partial charge < -0.3 is 4.74 Å². The number of halogens is 3. The number of esters is 1. The van der Waals surface area contributed by atoms with Crippen molar-refractivity contribution in [2.45, 2.75) is 19.8 Å². The summed E-state index contributed by atoms with van der Waals surface area (Å²) < 4.78 is 94.0. The molecule has 148 valence electrons. The largest absolute Gasteiger partial charge is 0.465 e. The van der Waals surface area contributed by atoms with Crippen LogP contribution < -0.4 is 4.72 Å². The van der Waals surface area contributed by atoms with E-state index in [4.69, 9.17) is 0 Å². The number of hydrogen-bond donors (Lipinski definition) is 1. The molecule has 1 aromatic carbocycles. The van der Waals surface area contributed by atoms with Crippen LogP contribution in [0.5, 0.6) is 0 Å². The molecule has 0 atom stereocenters. The minimum Gasteiger partial charge on any atom is -0.465 e. The summed E-state index contributed by atoms with van der Waals surface area (Å²) in [5.41, 5.74) is -2.36. The molecule has 1 N–H and O–H groups in total. The van der Waals surface area contributed by atoms with Gasteiger partial charge >= 0.3 is 5.97 Å². The van der Waals surface area contributed by atoms with Crippen LogP contribution in [0.1, 0.15) is 30.1 Å². The highest BCUT2D eigenvalue weighted by Crippen LogP contribution is 2.25. The summed E-state index contributed by atoms with van der Waals surface area (Å²) in [6, 6.07) is 0.239. The van der Waals surface area contributed by atoms with Crippen molar-refractivity contribution < 1.29 is 39.5 Å². The molecule has 0 aliphatic heterocycles. The Morgan fingerprint density at radius 3 is 2.23 bits per heavy atom. The van der Waals surface area contributed by atoms with E-state index in [0.29, 0.717) is 6.42 Å². The van der Waals surface area contributed by atoms with Crippen LogP contribution in [0, 0.1) is 17.5 Å². The van der Waals surface area contributed by atoms with Gasteiger partial charge in [-0.1, -0.05) is 6.92 Å². The fraction of sp³-hybridized carbons (Fsp3) is 0.500. The highest BCUT2D eigenvalue weighted by Gasteiger charge is 2.27. The van der Waals surface area contributed by atoms with Gasteiger partial charge in [0, 0.05) is 11.8 Å². The molecule has 7 nitrogen and oxygen atoms in total. The molecule has 0 heterocycles. The zero-order chi connectivity index (χ0) is 20.1. The number of nitrogens with one attached hydrogen (secondary N) is 1. The Balaban J connectivity index is 3.00. The van der Waals surface area contributed by atoms with Crippen molar-refractivity contribution in [3.8, 4) is 0 Å². The van der Waals surface area contributed by atoms with Gasteiger partial charge in [-0.15, -0.1) is 0 Å². The fourth-order valence-corrected chi connectivity index (χ4v) is 4.76. The number of rotatable bonds is 9. The molecule has 0 aliphatic carbocycles. The highest BCUT2D eigenvalue weighted by atomic mass is 32.2. The van der Waals surface area contributed by atoms with Crippen molar-refractivity contribution in [3.63, 3.8) is 0 Å². The third-order valence-electron chi connectivity index (χ3n) is 3.19. The quantitative estimate of drug-likeness (QED) is 0.485. The summed E-state index contributed by atoms with van der Waals surface area (Å²) in [6.45, 7) is 1.65. The predicted molar refractivity (Wildman–Crippen MR) is 88.6 cm³/mol. The second-order valence-corrected chi connectivity index (χ2v) is 9.47. The molecular formula is C14H18F3NO6S2. The van der Waals surface area contributed by atoms with Gasteiger partial charge in [0.1, 0.15) is 15.4 Å². The Labute approximate surface area is 149 Å². The number of hydrogen-bond acceptors (Lipinski definition) is 6. The first-order chi connectivity index (χ1) is 11.9. The minimum absolute atomic E-state index is 0.0965. The van der Waals surface area contributed by atoms with Crippen LogP contribution in [0.3, 0.4) is 0 Å². The predicted octanol–water partition coefficient (Wildman–Crippen LogP) is 1.85. The van der Waals surface area contributed by atoms with Crippen molar-refractivity contribution in [2.75, 3.05) is 29.1 Å². The van der Waals surface area contributed by atoms with Gasteiger partial charge in [0.15, 0.2) is 17.5 Å². The van der Waals surface area contributed by atoms with E-state index in [1.54, 1.807) is 11.6 Å². The van der Waals surface area contributed by atoms with E-state index in [0.717, 1.165) is 7.11 Å². The van der Waals surface area contributed by atoms with Gasteiger partial charge in [-0.2, -0.15) is 0 Å². The third kappa shape index (κ3) is 5.87. The molecule has 0 amide bonds. The molecule has 0 saturated heterocycles. The van der Waals surface area contributed by atoms with Gasteiger partial charge in [0.2, 0.25) is 10.0 Å². The van der Waals surface area contributed by atoms with Crippen LogP contribution in [-0.4, -0.2) is 47.2 Å². The standard InChI is InChI=1S/C14H18F3NO6S2/c1-3-5-25(20,21)6-4-7-26(22,23)18-10-8-9(15)12(16)11(13(10)17)14(19)24-2/h8,18H,3-7H2,1-2H3. The van der Waals surface area contributed by atoms with E-state index in [9.17, 15) is 34.8 Å². The zero-order valence-corrected chi connectivity index (χ0v) is 15.6. The number of sulfone groups is 1. The number of carbonyl (C=O) groups excluding carboxylic acids is 1. The number of benzene rings is 1. The van der Waals surface area contributed by atoms with E-state index in [-0.39, 0.29) is 18.2 Å². The third-order valence-corrected chi connectivity index (χ3v) is 6.49. The lowest BCUT2D eigenvalue weighted by atomic mass is 10.1. The Morgan fingerprint density at radius 1 is 1.08 bits per heavy atom. The summed E-state index contributed by atoms with van der Waals surface area (Å²) in [6.07, 6.45) is 0.108. The molecule has 0 unspecified atom stereocenters. The lowest BCUT2D eigenvalue weighted by Gasteiger charge is -2.12. The van der Waals surface area contributed by atoms with E-state index < -0.39 is 66.0 Å². The fourth-order valence-electron chi connectivity index (χ4n) is 2.06. The first kappa shape index (κ1) is 22.2. The SMILES string of the molecule is CCCS(=O)(=O)CCCS(=O)(=O)Nc1cc(F)c(F)c(C(=O)OC)c1F. The molecule has 0 fully saturated rings. The maximum absolute atomic E-state index is 14.2. The second kappa shape index (κ2) is 8.71. The minimum atomic E-state index is -4.27. The Bertz CT molecular complexity index is 884. The Hall–Kier alpha value is -1.82. The van der Waals surface area contributed by atoms with Crippen LogP contribution >= 0.6 is 0 Å².